The fourth-order valence-electron chi connectivity index (χ4n) is 1.96. The molecule has 0 aliphatic rings. The van der Waals surface area contributed by atoms with Crippen molar-refractivity contribution >= 4 is 15.7 Å². The third-order valence-corrected chi connectivity index (χ3v) is 5.16. The minimum Gasteiger partial charge on any atom is -0.258 e. The second kappa shape index (κ2) is 6.27. The number of hydrogen-bond donors (Lipinski definition) is 0. The van der Waals surface area contributed by atoms with Crippen molar-refractivity contribution in [3.05, 3.63) is 34.1 Å². The van der Waals surface area contributed by atoms with E-state index in [0.717, 1.165) is 12.1 Å². The van der Waals surface area contributed by atoms with E-state index < -0.39 is 26.5 Å². The van der Waals surface area contributed by atoms with Gasteiger partial charge in [-0.15, -0.1) is 0 Å². The molecule has 0 fully saturated rings. The van der Waals surface area contributed by atoms with E-state index in [1.165, 1.54) is 11.4 Å². The third-order valence-electron chi connectivity index (χ3n) is 3.25. The van der Waals surface area contributed by atoms with Crippen molar-refractivity contribution in [2.24, 2.45) is 0 Å². The van der Waals surface area contributed by atoms with Crippen LogP contribution in [0, 0.1) is 15.9 Å². The van der Waals surface area contributed by atoms with Crippen LogP contribution < -0.4 is 0 Å². The van der Waals surface area contributed by atoms with Crippen LogP contribution in [0.15, 0.2) is 23.1 Å². The van der Waals surface area contributed by atoms with Gasteiger partial charge in [0, 0.05) is 25.2 Å². The molecular weight excluding hydrogens is 287 g/mol. The maximum Gasteiger partial charge on any atom is 0.304 e. The van der Waals surface area contributed by atoms with Crippen LogP contribution in [-0.2, 0) is 10.0 Å². The molecule has 0 spiro atoms. The zero-order valence-electron chi connectivity index (χ0n) is 11.5. The van der Waals surface area contributed by atoms with E-state index in [1.807, 2.05) is 13.8 Å². The quantitative estimate of drug-likeness (QED) is 0.597. The van der Waals surface area contributed by atoms with E-state index in [-0.39, 0.29) is 10.9 Å². The summed E-state index contributed by atoms with van der Waals surface area (Å²) >= 11 is 0. The lowest BCUT2D eigenvalue weighted by Crippen LogP contribution is -2.36. The Balaban J connectivity index is 3.23. The molecule has 0 bridgehead atoms. The van der Waals surface area contributed by atoms with Crippen molar-refractivity contribution in [2.75, 3.05) is 7.05 Å². The molecule has 8 heteroatoms. The first-order valence-corrected chi connectivity index (χ1v) is 7.61. The number of nitro groups is 1. The highest BCUT2D eigenvalue weighted by atomic mass is 32.2. The molecule has 0 N–H and O–H groups in total. The Morgan fingerprint density at radius 2 is 1.90 bits per heavy atom. The van der Waals surface area contributed by atoms with Crippen LogP contribution in [0.4, 0.5) is 10.1 Å². The minimum absolute atomic E-state index is 0.196. The normalized spacial score (nSPS) is 12.1. The summed E-state index contributed by atoms with van der Waals surface area (Å²) < 4.78 is 39.3. The summed E-state index contributed by atoms with van der Waals surface area (Å²) in [5, 5.41) is 10.5. The Labute approximate surface area is 117 Å². The molecule has 1 aromatic rings. The zero-order valence-corrected chi connectivity index (χ0v) is 12.4. The van der Waals surface area contributed by atoms with Gasteiger partial charge in [0.15, 0.2) is 0 Å². The average Bonchev–Trinajstić information content (AvgIpc) is 2.39. The zero-order chi connectivity index (χ0) is 15.5. The van der Waals surface area contributed by atoms with Gasteiger partial charge in [0.05, 0.1) is 9.82 Å². The van der Waals surface area contributed by atoms with Crippen LogP contribution in [0.25, 0.3) is 0 Å². The van der Waals surface area contributed by atoms with Crippen molar-refractivity contribution in [3.8, 4) is 0 Å². The molecule has 20 heavy (non-hydrogen) atoms. The van der Waals surface area contributed by atoms with Crippen LogP contribution in [0.2, 0.25) is 0 Å². The van der Waals surface area contributed by atoms with Gasteiger partial charge in [-0.05, 0) is 18.9 Å². The van der Waals surface area contributed by atoms with Gasteiger partial charge in [0.1, 0.15) is 0 Å². The van der Waals surface area contributed by atoms with Gasteiger partial charge in [-0.3, -0.25) is 10.1 Å². The van der Waals surface area contributed by atoms with E-state index in [9.17, 15) is 22.9 Å². The van der Waals surface area contributed by atoms with Crippen molar-refractivity contribution in [2.45, 2.75) is 37.6 Å². The summed E-state index contributed by atoms with van der Waals surface area (Å²) in [6, 6.07) is 2.41. The number of hydrogen-bond acceptors (Lipinski definition) is 4. The SMILES string of the molecule is CCC(CC)N(C)S(=O)(=O)c1ccc([N+](=O)[O-])c(F)c1. The Hall–Kier alpha value is -1.54. The highest BCUT2D eigenvalue weighted by molar-refractivity contribution is 7.89. The van der Waals surface area contributed by atoms with Crippen LogP contribution in [0.3, 0.4) is 0 Å². The lowest BCUT2D eigenvalue weighted by Gasteiger charge is -2.25. The Kier molecular flexibility index (Phi) is 5.18. The molecule has 6 nitrogen and oxygen atoms in total. The average molecular weight is 304 g/mol. The highest BCUT2D eigenvalue weighted by Gasteiger charge is 2.28. The maximum absolute atomic E-state index is 13.5. The predicted molar refractivity (Wildman–Crippen MR) is 72.4 cm³/mol. The fourth-order valence-corrected chi connectivity index (χ4v) is 3.48. The van der Waals surface area contributed by atoms with E-state index in [4.69, 9.17) is 0 Å². The summed E-state index contributed by atoms with van der Waals surface area (Å²) in [5.41, 5.74) is -0.742. The summed E-state index contributed by atoms with van der Waals surface area (Å²) in [6.45, 7) is 3.72. The van der Waals surface area contributed by atoms with Gasteiger partial charge in [-0.1, -0.05) is 13.8 Å². The van der Waals surface area contributed by atoms with E-state index in [2.05, 4.69) is 0 Å². The second-order valence-corrected chi connectivity index (χ2v) is 6.36. The second-order valence-electron chi connectivity index (χ2n) is 4.36. The molecule has 0 atom stereocenters. The molecule has 0 unspecified atom stereocenters. The standard InChI is InChI=1S/C12H17FN2O4S/c1-4-9(5-2)14(3)20(18,19)10-6-7-12(15(16)17)11(13)8-10/h6-9H,4-5H2,1-3H3. The molecule has 0 aliphatic heterocycles. The van der Waals surface area contributed by atoms with Gasteiger partial charge in [-0.2, -0.15) is 8.70 Å². The summed E-state index contributed by atoms with van der Waals surface area (Å²) in [7, 11) is -2.43. The number of sulfonamides is 1. The van der Waals surface area contributed by atoms with Crippen molar-refractivity contribution in [1.29, 1.82) is 0 Å². The van der Waals surface area contributed by atoms with Gasteiger partial charge < -0.3 is 0 Å². The van der Waals surface area contributed by atoms with E-state index >= 15 is 0 Å². The van der Waals surface area contributed by atoms with Crippen LogP contribution in [0.5, 0.6) is 0 Å². The lowest BCUT2D eigenvalue weighted by atomic mass is 10.2. The van der Waals surface area contributed by atoms with Crippen molar-refractivity contribution in [3.63, 3.8) is 0 Å². The third kappa shape index (κ3) is 3.13. The van der Waals surface area contributed by atoms with Crippen molar-refractivity contribution in [1.82, 2.24) is 4.31 Å². The van der Waals surface area contributed by atoms with Gasteiger partial charge >= 0.3 is 5.69 Å². The topological polar surface area (TPSA) is 80.5 Å². The molecule has 0 heterocycles. The molecule has 0 aliphatic carbocycles. The molecule has 0 saturated carbocycles. The molecule has 0 saturated heterocycles. The highest BCUT2D eigenvalue weighted by Crippen LogP contribution is 2.24. The smallest absolute Gasteiger partial charge is 0.258 e. The van der Waals surface area contributed by atoms with Gasteiger partial charge in [-0.25, -0.2) is 8.42 Å². The minimum atomic E-state index is -3.86. The van der Waals surface area contributed by atoms with Crippen LogP contribution >= 0.6 is 0 Å². The summed E-state index contributed by atoms with van der Waals surface area (Å²) in [6.07, 6.45) is 1.25. The van der Waals surface area contributed by atoms with Crippen molar-refractivity contribution < 1.29 is 17.7 Å². The number of nitro benzene ring substituents is 1. The fraction of sp³-hybridized carbons (Fsp3) is 0.500. The van der Waals surface area contributed by atoms with Gasteiger partial charge in [0.2, 0.25) is 15.8 Å². The lowest BCUT2D eigenvalue weighted by molar-refractivity contribution is -0.387. The predicted octanol–water partition coefficient (Wildman–Crippen LogP) is 2.54. The molecule has 1 aromatic carbocycles. The van der Waals surface area contributed by atoms with E-state index in [0.29, 0.717) is 18.9 Å². The number of benzene rings is 1. The van der Waals surface area contributed by atoms with Crippen LogP contribution in [-0.4, -0.2) is 30.7 Å². The van der Waals surface area contributed by atoms with Gasteiger partial charge in [0.25, 0.3) is 0 Å². The molecule has 0 aromatic heterocycles. The molecule has 0 amide bonds. The summed E-state index contributed by atoms with van der Waals surface area (Å²) in [5.74, 6) is -1.16. The monoisotopic (exact) mass is 304 g/mol. The molecule has 0 radical (unpaired) electrons. The number of nitrogens with zero attached hydrogens (tertiary/aromatic N) is 2. The Morgan fingerprint density at radius 1 is 1.35 bits per heavy atom. The Bertz CT molecular complexity index is 599. The molecular formula is C12H17FN2O4S. The maximum atomic E-state index is 13.5. The summed E-state index contributed by atoms with van der Waals surface area (Å²) in [4.78, 5) is 9.35. The molecule has 1 rings (SSSR count). The number of rotatable bonds is 6. The largest absolute Gasteiger partial charge is 0.304 e. The first-order valence-electron chi connectivity index (χ1n) is 6.17. The first kappa shape index (κ1) is 16.5. The first-order chi connectivity index (χ1) is 9.25. The van der Waals surface area contributed by atoms with E-state index in [1.54, 1.807) is 0 Å². The number of halogens is 1. The molecule has 112 valence electrons. The van der Waals surface area contributed by atoms with Crippen LogP contribution in [0.1, 0.15) is 26.7 Å². The Morgan fingerprint density at radius 3 is 2.30 bits per heavy atom.